The molecule has 3 rings (SSSR count). The Balaban J connectivity index is 1.51. The Hall–Kier alpha value is -2.16. The minimum Gasteiger partial charge on any atom is -0.378 e. The van der Waals surface area contributed by atoms with Gasteiger partial charge in [0.05, 0.1) is 25.4 Å². The minimum atomic E-state index is 0.206. The van der Waals surface area contributed by atoms with E-state index in [1.54, 1.807) is 0 Å². The van der Waals surface area contributed by atoms with E-state index < -0.39 is 0 Å². The van der Waals surface area contributed by atoms with Crippen molar-refractivity contribution in [2.45, 2.75) is 6.92 Å². The van der Waals surface area contributed by atoms with Crippen LogP contribution in [0.25, 0.3) is 0 Å². The Morgan fingerprint density at radius 3 is 2.62 bits per heavy atom. The van der Waals surface area contributed by atoms with Crippen LogP contribution in [-0.4, -0.2) is 86.3 Å². The highest BCUT2D eigenvalue weighted by atomic mass is 16.5. The zero-order chi connectivity index (χ0) is 18.4. The van der Waals surface area contributed by atoms with Crippen LogP contribution in [0.3, 0.4) is 0 Å². The molecule has 0 spiro atoms. The molecule has 2 aliphatic rings. The van der Waals surface area contributed by atoms with Crippen LogP contribution in [0.5, 0.6) is 0 Å². The van der Waals surface area contributed by atoms with Crippen molar-refractivity contribution in [2.24, 2.45) is 4.99 Å². The van der Waals surface area contributed by atoms with E-state index >= 15 is 0 Å². The lowest BCUT2D eigenvalue weighted by molar-refractivity contribution is -0.136. The van der Waals surface area contributed by atoms with Crippen molar-refractivity contribution in [1.29, 1.82) is 0 Å². The summed E-state index contributed by atoms with van der Waals surface area (Å²) in [6.07, 6.45) is 1.25. The molecule has 2 N–H and O–H groups in total. The largest absolute Gasteiger partial charge is 0.378 e. The molecule has 1 amide bonds. The van der Waals surface area contributed by atoms with Crippen molar-refractivity contribution in [3.63, 3.8) is 0 Å². The van der Waals surface area contributed by atoms with Crippen molar-refractivity contribution in [1.82, 2.24) is 15.3 Å². The van der Waals surface area contributed by atoms with Gasteiger partial charge in [-0.3, -0.25) is 20.4 Å². The summed E-state index contributed by atoms with van der Waals surface area (Å²) in [5.74, 6) is 0.206. The fourth-order valence-electron chi connectivity index (χ4n) is 3.43. The monoisotopic (exact) mass is 361 g/mol. The smallest absolute Gasteiger partial charge is 0.236 e. The Labute approximate surface area is 154 Å². The van der Waals surface area contributed by atoms with Crippen LogP contribution < -0.4 is 10.4 Å². The van der Waals surface area contributed by atoms with Crippen molar-refractivity contribution in [3.05, 3.63) is 23.8 Å². The Morgan fingerprint density at radius 1 is 1.23 bits per heavy atom. The van der Waals surface area contributed by atoms with Crippen molar-refractivity contribution < 1.29 is 14.7 Å². The molecule has 2 heterocycles. The van der Waals surface area contributed by atoms with Crippen LogP contribution in [-0.2, 0) is 9.53 Å². The molecule has 0 aliphatic carbocycles. The molecule has 26 heavy (non-hydrogen) atoms. The quantitative estimate of drug-likeness (QED) is 0.455. The first-order chi connectivity index (χ1) is 12.7. The lowest BCUT2D eigenvalue weighted by Crippen LogP contribution is -2.51. The highest BCUT2D eigenvalue weighted by Gasteiger charge is 2.23. The van der Waals surface area contributed by atoms with E-state index in [9.17, 15) is 4.79 Å². The van der Waals surface area contributed by atoms with Crippen molar-refractivity contribution in [2.75, 3.05) is 63.9 Å². The number of hydroxylamine groups is 1. The minimum absolute atomic E-state index is 0.206. The second-order valence-electron chi connectivity index (χ2n) is 6.61. The Bertz CT molecular complexity index is 638. The number of ether oxygens (including phenoxy) is 1. The van der Waals surface area contributed by atoms with Crippen molar-refractivity contribution in [3.8, 4) is 0 Å². The summed E-state index contributed by atoms with van der Waals surface area (Å²) >= 11 is 0. The highest BCUT2D eigenvalue weighted by Crippen LogP contribution is 2.25. The van der Waals surface area contributed by atoms with Gasteiger partial charge in [0.15, 0.2) is 0 Å². The maximum Gasteiger partial charge on any atom is 0.236 e. The Kier molecular flexibility index (Phi) is 6.43. The number of morpholine rings is 1. The first kappa shape index (κ1) is 18.6. The van der Waals surface area contributed by atoms with Crippen LogP contribution in [0.15, 0.2) is 23.2 Å². The topological polar surface area (TPSA) is 80.6 Å². The van der Waals surface area contributed by atoms with E-state index in [0.717, 1.165) is 37.4 Å². The first-order valence-electron chi connectivity index (χ1n) is 9.03. The molecule has 2 fully saturated rings. The van der Waals surface area contributed by atoms with Crippen LogP contribution in [0.2, 0.25) is 0 Å². The zero-order valence-corrected chi connectivity index (χ0v) is 15.2. The third-order valence-electron chi connectivity index (χ3n) is 4.89. The molecule has 0 aromatic heterocycles. The molecule has 0 unspecified atom stereocenters. The van der Waals surface area contributed by atoms with E-state index in [1.807, 2.05) is 22.5 Å². The fourth-order valence-corrected chi connectivity index (χ4v) is 3.43. The van der Waals surface area contributed by atoms with Crippen molar-refractivity contribution >= 4 is 23.6 Å². The van der Waals surface area contributed by atoms with E-state index in [-0.39, 0.29) is 5.91 Å². The summed E-state index contributed by atoms with van der Waals surface area (Å²) in [5.41, 5.74) is 5.05. The van der Waals surface area contributed by atoms with Gasteiger partial charge in [0.25, 0.3) is 0 Å². The second kappa shape index (κ2) is 8.98. The molecule has 1 aromatic carbocycles. The maximum absolute atomic E-state index is 12.4. The Morgan fingerprint density at radius 2 is 1.96 bits per heavy atom. The number of nitrogens with zero attached hydrogens (tertiary/aromatic N) is 4. The molecule has 0 saturated carbocycles. The number of piperazine rings is 1. The van der Waals surface area contributed by atoms with Crippen LogP contribution >= 0.6 is 0 Å². The third-order valence-corrected chi connectivity index (χ3v) is 4.89. The molecular formula is C18H27N5O3. The second-order valence-corrected chi connectivity index (χ2v) is 6.61. The fraction of sp³-hybridized carbons (Fsp3) is 0.556. The maximum atomic E-state index is 12.4. The number of hydrogen-bond donors (Lipinski definition) is 2. The molecular weight excluding hydrogens is 334 g/mol. The SMILES string of the molecule is Cc1cc(N=CNO)ccc1N1CCN(CC(=O)N2CCOCC2)CC1. The van der Waals surface area contributed by atoms with Gasteiger partial charge in [-0.15, -0.1) is 0 Å². The number of benzene rings is 1. The number of amides is 1. The molecule has 2 aliphatic heterocycles. The number of aryl methyl sites for hydroxylation is 1. The predicted molar refractivity (Wildman–Crippen MR) is 100 cm³/mol. The predicted octanol–water partition coefficient (Wildman–Crippen LogP) is 0.614. The van der Waals surface area contributed by atoms with Crippen LogP contribution in [0, 0.1) is 6.92 Å². The van der Waals surface area contributed by atoms with Gasteiger partial charge < -0.3 is 14.5 Å². The average molecular weight is 361 g/mol. The number of hydrogen-bond acceptors (Lipinski definition) is 6. The summed E-state index contributed by atoms with van der Waals surface area (Å²) in [4.78, 5) is 23.0. The molecule has 0 atom stereocenters. The lowest BCUT2D eigenvalue weighted by atomic mass is 10.1. The summed E-state index contributed by atoms with van der Waals surface area (Å²) < 4.78 is 5.31. The molecule has 2 saturated heterocycles. The summed E-state index contributed by atoms with van der Waals surface area (Å²) in [6.45, 7) is 8.82. The normalized spacial score (nSPS) is 19.2. The highest BCUT2D eigenvalue weighted by molar-refractivity contribution is 5.78. The van der Waals surface area contributed by atoms with Gasteiger partial charge in [-0.25, -0.2) is 4.99 Å². The summed E-state index contributed by atoms with van der Waals surface area (Å²) in [5, 5.41) is 8.58. The van der Waals surface area contributed by atoms with Gasteiger partial charge in [0.2, 0.25) is 5.91 Å². The van der Waals surface area contributed by atoms with Crippen LogP contribution in [0.4, 0.5) is 11.4 Å². The van der Waals surface area contributed by atoms with Gasteiger partial charge >= 0.3 is 0 Å². The van der Waals surface area contributed by atoms with Gasteiger partial charge in [0.1, 0.15) is 6.34 Å². The third kappa shape index (κ3) is 4.72. The van der Waals surface area contributed by atoms with E-state index in [1.165, 1.54) is 12.0 Å². The molecule has 1 aromatic rings. The molecule has 0 bridgehead atoms. The van der Waals surface area contributed by atoms with Gasteiger partial charge in [-0.1, -0.05) is 0 Å². The zero-order valence-electron chi connectivity index (χ0n) is 15.2. The van der Waals surface area contributed by atoms with E-state index in [2.05, 4.69) is 27.8 Å². The van der Waals surface area contributed by atoms with Gasteiger partial charge in [-0.2, -0.15) is 0 Å². The molecule has 0 radical (unpaired) electrons. The van der Waals surface area contributed by atoms with Gasteiger partial charge in [-0.05, 0) is 30.7 Å². The number of carbonyl (C=O) groups is 1. The number of carbonyl (C=O) groups excluding carboxylic acids is 1. The number of nitrogens with one attached hydrogen (secondary N) is 1. The molecule has 142 valence electrons. The summed E-state index contributed by atoms with van der Waals surface area (Å²) in [7, 11) is 0. The first-order valence-corrected chi connectivity index (χ1v) is 9.03. The van der Waals surface area contributed by atoms with Gasteiger partial charge in [0, 0.05) is 45.0 Å². The number of rotatable bonds is 5. The number of aliphatic imine (C=N–C) groups is 1. The number of anilines is 1. The standard InChI is InChI=1S/C18H27N5O3/c1-15-12-16(19-14-20-25)2-3-17(15)22-6-4-21(5-7-22)13-18(24)23-8-10-26-11-9-23/h2-3,12,14,25H,4-11,13H2,1H3,(H,19,20). The summed E-state index contributed by atoms with van der Waals surface area (Å²) in [6, 6.07) is 6.00. The van der Waals surface area contributed by atoms with Crippen LogP contribution in [0.1, 0.15) is 5.56 Å². The van der Waals surface area contributed by atoms with E-state index in [4.69, 9.17) is 9.94 Å². The lowest BCUT2D eigenvalue weighted by Gasteiger charge is -2.37. The van der Waals surface area contributed by atoms with E-state index in [0.29, 0.717) is 32.8 Å². The molecule has 8 heteroatoms. The average Bonchev–Trinajstić information content (AvgIpc) is 2.68. The molecule has 8 nitrogen and oxygen atoms in total.